The van der Waals surface area contributed by atoms with Crippen molar-refractivity contribution in [1.29, 1.82) is 0 Å². The Hall–Kier alpha value is -2.65. The monoisotopic (exact) mass is 546 g/mol. The Morgan fingerprint density at radius 3 is 2.54 bits per heavy atom. The van der Waals surface area contributed by atoms with Crippen LogP contribution in [0.25, 0.3) is 11.3 Å². The summed E-state index contributed by atoms with van der Waals surface area (Å²) in [4.78, 5) is 0. The quantitative estimate of drug-likeness (QED) is 0.342. The molecule has 0 bridgehead atoms. The second-order valence-corrected chi connectivity index (χ2v) is 9.50. The second kappa shape index (κ2) is 9.91. The molecule has 0 radical (unpaired) electrons. The zero-order chi connectivity index (χ0) is 26.5. The molecule has 10 nitrogen and oxygen atoms in total. The van der Waals surface area contributed by atoms with Crippen molar-refractivity contribution >= 4 is 11.6 Å². The number of rotatable bonds is 7. The lowest BCUT2D eigenvalue weighted by atomic mass is 9.88. The normalized spacial score (nSPS) is 29.3. The largest absolute Gasteiger partial charge is 0.394 e. The Balaban J connectivity index is 1.42. The average molecular weight is 547 g/mol. The highest BCUT2D eigenvalue weighted by Crippen LogP contribution is 2.46. The molecule has 2 aliphatic rings. The number of aromatic nitrogens is 6. The van der Waals surface area contributed by atoms with Crippen molar-refractivity contribution in [3.8, 4) is 11.3 Å². The van der Waals surface area contributed by atoms with Gasteiger partial charge in [-0.25, -0.2) is 26.9 Å². The van der Waals surface area contributed by atoms with Crippen LogP contribution in [0.3, 0.4) is 0 Å². The van der Waals surface area contributed by atoms with Crippen molar-refractivity contribution in [3.05, 3.63) is 46.9 Å². The van der Waals surface area contributed by atoms with Crippen LogP contribution in [-0.4, -0.2) is 84.3 Å². The average Bonchev–Trinajstić information content (AvgIpc) is 3.52. The molecule has 2 aromatic heterocycles. The molecule has 2 N–H and O–H groups in total. The summed E-state index contributed by atoms with van der Waals surface area (Å²) < 4.78 is 69.8. The molecule has 5 rings (SSSR count). The molecule has 15 heteroatoms. The molecule has 1 aromatic carbocycles. The maximum Gasteiger partial charge on any atom is 0.270 e. The van der Waals surface area contributed by atoms with Gasteiger partial charge in [-0.15, -0.1) is 10.2 Å². The maximum atomic E-state index is 14.5. The fraction of sp³-hybridized carbons (Fsp3) is 0.545. The smallest absolute Gasteiger partial charge is 0.270 e. The van der Waals surface area contributed by atoms with E-state index in [-0.39, 0.29) is 35.5 Å². The SMILES string of the molecule is CO[C@@H]1[C@@H](n2cc(-c3ccc(Cl)c(F)c3F)nn2)[C@@H](O)[C@@H](CO)O[C@@H]1Cc1cn([C@@H]2CCC2(F)F)nn1. The van der Waals surface area contributed by atoms with E-state index in [1.807, 2.05) is 0 Å². The van der Waals surface area contributed by atoms with Gasteiger partial charge in [0.05, 0.1) is 29.6 Å². The number of aliphatic hydroxyl groups is 2. The molecule has 6 atom stereocenters. The zero-order valence-corrected chi connectivity index (χ0v) is 20.1. The molecule has 3 heterocycles. The van der Waals surface area contributed by atoms with Gasteiger partial charge in [-0.1, -0.05) is 22.0 Å². The van der Waals surface area contributed by atoms with Crippen LogP contribution in [0.15, 0.2) is 24.5 Å². The summed E-state index contributed by atoms with van der Waals surface area (Å²) >= 11 is 5.62. The molecule has 1 saturated heterocycles. The number of hydrogen-bond donors (Lipinski definition) is 2. The molecule has 0 spiro atoms. The van der Waals surface area contributed by atoms with E-state index in [1.54, 1.807) is 0 Å². The van der Waals surface area contributed by atoms with Gasteiger partial charge in [0, 0.05) is 31.7 Å². The van der Waals surface area contributed by atoms with Crippen molar-refractivity contribution < 1.29 is 37.2 Å². The first-order valence-corrected chi connectivity index (χ1v) is 11.8. The lowest BCUT2D eigenvalue weighted by molar-refractivity contribution is -0.212. The van der Waals surface area contributed by atoms with Gasteiger partial charge in [-0.2, -0.15) is 0 Å². The Kier molecular flexibility index (Phi) is 6.96. The summed E-state index contributed by atoms with van der Waals surface area (Å²) in [7, 11) is 1.37. The third-order valence-electron chi connectivity index (χ3n) is 6.89. The van der Waals surface area contributed by atoms with Gasteiger partial charge in [0.1, 0.15) is 36.1 Å². The van der Waals surface area contributed by atoms with Gasteiger partial charge in [0.2, 0.25) is 0 Å². The van der Waals surface area contributed by atoms with Gasteiger partial charge in [-0.05, 0) is 18.6 Å². The highest BCUT2D eigenvalue weighted by molar-refractivity contribution is 6.30. The van der Waals surface area contributed by atoms with Crippen molar-refractivity contribution in [2.45, 2.75) is 61.7 Å². The standard InChI is InChI=1S/C22H23ClF4N6O4/c1-36-21-14(6-10-7-32(30-28-10)16-4-5-22(16,26)27)37-15(9-34)20(35)19(21)33-8-13(29-31-33)11-2-3-12(23)18(25)17(11)24/h2-3,7-8,14-16,19-21,34-35H,4-6,9H2,1H3/t14-,15-,16-,19+,20+,21+/m1/s1. The molecule has 1 saturated carbocycles. The Bertz CT molecular complexity index is 1280. The summed E-state index contributed by atoms with van der Waals surface area (Å²) in [5.74, 6) is -5.29. The lowest BCUT2D eigenvalue weighted by Crippen LogP contribution is -2.57. The van der Waals surface area contributed by atoms with Crippen LogP contribution < -0.4 is 0 Å². The topological polar surface area (TPSA) is 120 Å². The number of benzene rings is 1. The predicted molar refractivity (Wildman–Crippen MR) is 119 cm³/mol. The summed E-state index contributed by atoms with van der Waals surface area (Å²) in [6, 6.07) is 0.400. The van der Waals surface area contributed by atoms with E-state index in [4.69, 9.17) is 21.1 Å². The molecule has 1 aliphatic carbocycles. The molecule has 0 amide bonds. The molecule has 37 heavy (non-hydrogen) atoms. The van der Waals surface area contributed by atoms with E-state index in [2.05, 4.69) is 20.6 Å². The van der Waals surface area contributed by atoms with Crippen molar-refractivity contribution in [2.24, 2.45) is 0 Å². The maximum absolute atomic E-state index is 14.5. The number of aliphatic hydroxyl groups excluding tert-OH is 2. The molecule has 1 aliphatic heterocycles. The first-order valence-electron chi connectivity index (χ1n) is 11.5. The summed E-state index contributed by atoms with van der Waals surface area (Å²) in [6.45, 7) is -0.551. The van der Waals surface area contributed by atoms with E-state index in [1.165, 1.54) is 36.3 Å². The predicted octanol–water partition coefficient (Wildman–Crippen LogP) is 2.36. The van der Waals surface area contributed by atoms with Gasteiger partial charge in [0.15, 0.2) is 11.6 Å². The first-order chi connectivity index (χ1) is 17.6. The summed E-state index contributed by atoms with van der Waals surface area (Å²) in [6.07, 6.45) is -1.23. The number of nitrogens with zero attached hydrogens (tertiary/aromatic N) is 6. The van der Waals surface area contributed by atoms with Crippen LogP contribution in [0.2, 0.25) is 5.02 Å². The fourth-order valence-corrected chi connectivity index (χ4v) is 4.93. The van der Waals surface area contributed by atoms with Crippen LogP contribution in [-0.2, 0) is 15.9 Å². The fourth-order valence-electron chi connectivity index (χ4n) is 4.78. The minimum absolute atomic E-state index is 0.0249. The van der Waals surface area contributed by atoms with E-state index in [9.17, 15) is 27.8 Å². The second-order valence-electron chi connectivity index (χ2n) is 9.09. The third-order valence-corrected chi connectivity index (χ3v) is 7.18. The minimum Gasteiger partial charge on any atom is -0.394 e. The first kappa shape index (κ1) is 26.0. The molecular weight excluding hydrogens is 524 g/mol. The zero-order valence-electron chi connectivity index (χ0n) is 19.4. The Morgan fingerprint density at radius 2 is 1.89 bits per heavy atom. The van der Waals surface area contributed by atoms with Gasteiger partial charge >= 0.3 is 0 Å². The highest BCUT2D eigenvalue weighted by atomic mass is 35.5. The number of methoxy groups -OCH3 is 1. The molecule has 3 aromatic rings. The van der Waals surface area contributed by atoms with E-state index in [0.717, 1.165) is 4.68 Å². The van der Waals surface area contributed by atoms with Gasteiger partial charge < -0.3 is 19.7 Å². The van der Waals surface area contributed by atoms with E-state index in [0.29, 0.717) is 5.69 Å². The van der Waals surface area contributed by atoms with Crippen LogP contribution in [0, 0.1) is 11.6 Å². The van der Waals surface area contributed by atoms with Crippen LogP contribution in [0.1, 0.15) is 30.6 Å². The van der Waals surface area contributed by atoms with Crippen LogP contribution in [0.5, 0.6) is 0 Å². The van der Waals surface area contributed by atoms with Crippen LogP contribution >= 0.6 is 11.6 Å². The minimum atomic E-state index is -2.85. The summed E-state index contributed by atoms with van der Waals surface area (Å²) in [5.41, 5.74) is 0.131. The van der Waals surface area contributed by atoms with Gasteiger partial charge in [-0.3, -0.25) is 0 Å². The highest BCUT2D eigenvalue weighted by Gasteiger charge is 2.51. The molecule has 200 valence electrons. The lowest BCUT2D eigenvalue weighted by Gasteiger charge is -2.43. The summed E-state index contributed by atoms with van der Waals surface area (Å²) in [5, 5.41) is 36.1. The molecule has 2 fully saturated rings. The molecular formula is C22H23ClF4N6O4. The molecule has 0 unspecified atom stereocenters. The number of ether oxygens (including phenoxy) is 2. The van der Waals surface area contributed by atoms with Crippen molar-refractivity contribution in [1.82, 2.24) is 30.0 Å². The Morgan fingerprint density at radius 1 is 1.14 bits per heavy atom. The van der Waals surface area contributed by atoms with E-state index < -0.39 is 60.7 Å². The number of halogens is 5. The van der Waals surface area contributed by atoms with Gasteiger partial charge in [0.25, 0.3) is 5.92 Å². The Labute approximate surface area is 212 Å². The van der Waals surface area contributed by atoms with E-state index >= 15 is 0 Å². The van der Waals surface area contributed by atoms with Crippen molar-refractivity contribution in [2.75, 3.05) is 13.7 Å². The number of hydrogen-bond acceptors (Lipinski definition) is 8. The van der Waals surface area contributed by atoms with Crippen molar-refractivity contribution in [3.63, 3.8) is 0 Å². The number of alkyl halides is 2. The third kappa shape index (κ3) is 4.61. The van der Waals surface area contributed by atoms with Crippen LogP contribution in [0.4, 0.5) is 17.6 Å².